The van der Waals surface area contributed by atoms with Gasteiger partial charge in [-0.25, -0.2) is 4.79 Å². The second kappa shape index (κ2) is 8.08. The van der Waals surface area contributed by atoms with E-state index in [1.54, 1.807) is 4.90 Å². The standard InChI is InChI=1S/C27H27N3O3/c1-3-19-8-10-20(11-9-19)16-29(18(2)21-12-13-21)24(31)17-30-25(32)27(28-26(30)33)15-14-22-6-4-5-7-23(22)27/h1,4-11,18,21H,12-17H2,2H3,(H,28,33)/t18-,27?/m0/s1. The maximum Gasteiger partial charge on any atom is 0.325 e. The Morgan fingerprint density at radius 1 is 1.21 bits per heavy atom. The number of benzene rings is 2. The van der Waals surface area contributed by atoms with Crippen molar-refractivity contribution in [2.45, 2.75) is 50.7 Å². The third kappa shape index (κ3) is 3.68. The van der Waals surface area contributed by atoms with Crippen LogP contribution in [0, 0.1) is 18.3 Å². The molecular weight excluding hydrogens is 414 g/mol. The molecule has 2 aromatic carbocycles. The lowest BCUT2D eigenvalue weighted by molar-refractivity contribution is -0.141. The summed E-state index contributed by atoms with van der Waals surface area (Å²) in [7, 11) is 0. The molecule has 2 fully saturated rings. The van der Waals surface area contributed by atoms with Crippen LogP contribution in [0.25, 0.3) is 0 Å². The van der Waals surface area contributed by atoms with Gasteiger partial charge in [-0.2, -0.15) is 0 Å². The Hall–Kier alpha value is -3.59. The van der Waals surface area contributed by atoms with Gasteiger partial charge in [-0.15, -0.1) is 6.42 Å². The quantitative estimate of drug-likeness (QED) is 0.553. The lowest BCUT2D eigenvalue weighted by Gasteiger charge is -2.31. The highest BCUT2D eigenvalue weighted by molar-refractivity contribution is 6.09. The maximum atomic E-state index is 13.5. The van der Waals surface area contributed by atoms with Gasteiger partial charge in [-0.1, -0.05) is 42.3 Å². The second-order valence-electron chi connectivity index (χ2n) is 9.32. The number of hydrogen-bond acceptors (Lipinski definition) is 3. The van der Waals surface area contributed by atoms with Gasteiger partial charge < -0.3 is 10.2 Å². The van der Waals surface area contributed by atoms with Crippen LogP contribution in [0.1, 0.15) is 48.4 Å². The van der Waals surface area contributed by atoms with E-state index < -0.39 is 11.6 Å². The molecule has 33 heavy (non-hydrogen) atoms. The Labute approximate surface area is 193 Å². The summed E-state index contributed by atoms with van der Waals surface area (Å²) in [5.74, 6) is 2.50. The third-order valence-corrected chi connectivity index (χ3v) is 7.31. The van der Waals surface area contributed by atoms with Gasteiger partial charge in [0.25, 0.3) is 5.91 Å². The number of amides is 4. The summed E-state index contributed by atoms with van der Waals surface area (Å²) in [5, 5.41) is 2.90. The normalized spacial score (nSPS) is 22.1. The number of fused-ring (bicyclic) bond motifs is 2. The highest BCUT2D eigenvalue weighted by Gasteiger charge is 2.55. The van der Waals surface area contributed by atoms with Crippen molar-refractivity contribution in [3.8, 4) is 12.3 Å². The first-order valence-electron chi connectivity index (χ1n) is 11.5. The van der Waals surface area contributed by atoms with Crippen molar-refractivity contribution in [3.05, 3.63) is 70.8 Å². The smallest absolute Gasteiger partial charge is 0.325 e. The molecule has 1 spiro atoms. The molecule has 6 heteroatoms. The largest absolute Gasteiger partial charge is 0.334 e. The zero-order valence-electron chi connectivity index (χ0n) is 18.7. The number of carbonyl (C=O) groups excluding carboxylic acids is 3. The second-order valence-corrected chi connectivity index (χ2v) is 9.32. The Morgan fingerprint density at radius 3 is 2.64 bits per heavy atom. The Balaban J connectivity index is 1.36. The minimum absolute atomic E-state index is 0.0340. The number of imide groups is 1. The molecule has 2 aliphatic carbocycles. The average molecular weight is 442 g/mol. The SMILES string of the molecule is C#Cc1ccc(CN(C(=O)CN2C(=O)NC3(CCc4ccccc43)C2=O)[C@@H](C)C2CC2)cc1. The van der Waals surface area contributed by atoms with E-state index in [0.717, 1.165) is 46.4 Å². The summed E-state index contributed by atoms with van der Waals surface area (Å²) in [4.78, 5) is 42.7. The molecule has 1 heterocycles. The molecule has 3 aliphatic rings. The molecule has 1 N–H and O–H groups in total. The Morgan fingerprint density at radius 2 is 1.94 bits per heavy atom. The van der Waals surface area contributed by atoms with Crippen LogP contribution in [0.5, 0.6) is 0 Å². The molecule has 6 nitrogen and oxygen atoms in total. The van der Waals surface area contributed by atoms with Crippen molar-refractivity contribution in [1.82, 2.24) is 15.1 Å². The van der Waals surface area contributed by atoms with Crippen molar-refractivity contribution in [2.75, 3.05) is 6.54 Å². The van der Waals surface area contributed by atoms with E-state index >= 15 is 0 Å². The number of rotatable bonds is 6. The van der Waals surface area contributed by atoms with E-state index in [1.165, 1.54) is 0 Å². The van der Waals surface area contributed by atoms with Crippen LogP contribution < -0.4 is 5.32 Å². The number of nitrogens with one attached hydrogen (secondary N) is 1. The average Bonchev–Trinajstić information content (AvgIpc) is 3.58. The van der Waals surface area contributed by atoms with Gasteiger partial charge in [0, 0.05) is 18.2 Å². The molecule has 168 valence electrons. The van der Waals surface area contributed by atoms with Gasteiger partial charge in [0.05, 0.1) is 0 Å². The lowest BCUT2D eigenvalue weighted by atomic mass is 9.92. The Kier molecular flexibility index (Phi) is 5.20. The van der Waals surface area contributed by atoms with Crippen LogP contribution in [0.2, 0.25) is 0 Å². The Bertz CT molecular complexity index is 1160. The molecule has 0 bridgehead atoms. The summed E-state index contributed by atoms with van der Waals surface area (Å²) in [6.07, 6.45) is 8.87. The minimum Gasteiger partial charge on any atom is -0.334 e. The molecule has 5 rings (SSSR count). The monoisotopic (exact) mass is 441 g/mol. The first-order chi connectivity index (χ1) is 15.9. The predicted molar refractivity (Wildman–Crippen MR) is 124 cm³/mol. The lowest BCUT2D eigenvalue weighted by Crippen LogP contribution is -2.47. The number of urea groups is 1. The topological polar surface area (TPSA) is 69.7 Å². The van der Waals surface area contributed by atoms with Crippen LogP contribution in [0.4, 0.5) is 4.79 Å². The zero-order valence-corrected chi connectivity index (χ0v) is 18.7. The maximum absolute atomic E-state index is 13.5. The number of nitrogens with zero attached hydrogens (tertiary/aromatic N) is 2. The predicted octanol–water partition coefficient (Wildman–Crippen LogP) is 3.19. The number of aryl methyl sites for hydroxylation is 1. The fourth-order valence-corrected chi connectivity index (χ4v) is 5.15. The highest BCUT2D eigenvalue weighted by Crippen LogP contribution is 2.41. The van der Waals surface area contributed by atoms with Gasteiger partial charge >= 0.3 is 6.03 Å². The molecule has 0 aromatic heterocycles. The van der Waals surface area contributed by atoms with E-state index in [4.69, 9.17) is 6.42 Å². The van der Waals surface area contributed by atoms with Crippen molar-refractivity contribution in [3.63, 3.8) is 0 Å². The van der Waals surface area contributed by atoms with E-state index in [2.05, 4.69) is 11.2 Å². The molecule has 1 unspecified atom stereocenters. The number of hydrogen-bond donors (Lipinski definition) is 1. The minimum atomic E-state index is -1.05. The van der Waals surface area contributed by atoms with Gasteiger partial charge in [0.2, 0.25) is 5.91 Å². The van der Waals surface area contributed by atoms with E-state index in [9.17, 15) is 14.4 Å². The molecule has 0 radical (unpaired) electrons. The van der Waals surface area contributed by atoms with Crippen LogP contribution in [0.3, 0.4) is 0 Å². The fraction of sp³-hybridized carbons (Fsp3) is 0.370. The fourth-order valence-electron chi connectivity index (χ4n) is 5.15. The highest BCUT2D eigenvalue weighted by atomic mass is 16.2. The molecule has 1 aliphatic heterocycles. The first kappa shape index (κ1) is 21.3. The summed E-state index contributed by atoms with van der Waals surface area (Å²) < 4.78 is 0. The van der Waals surface area contributed by atoms with Crippen molar-refractivity contribution in [1.29, 1.82) is 0 Å². The van der Waals surface area contributed by atoms with Crippen molar-refractivity contribution in [2.24, 2.45) is 5.92 Å². The van der Waals surface area contributed by atoms with Crippen LogP contribution in [-0.2, 0) is 28.1 Å². The molecule has 1 saturated heterocycles. The first-order valence-corrected chi connectivity index (χ1v) is 11.5. The summed E-state index contributed by atoms with van der Waals surface area (Å²) in [5.41, 5.74) is 2.61. The molecule has 2 atom stereocenters. The van der Waals surface area contributed by atoms with E-state index in [-0.39, 0.29) is 24.4 Å². The van der Waals surface area contributed by atoms with Crippen molar-refractivity contribution >= 4 is 17.8 Å². The molecule has 1 saturated carbocycles. The van der Waals surface area contributed by atoms with E-state index in [0.29, 0.717) is 18.9 Å². The number of carbonyl (C=O) groups is 3. The van der Waals surface area contributed by atoms with Crippen LogP contribution in [0.15, 0.2) is 48.5 Å². The summed E-state index contributed by atoms with van der Waals surface area (Å²) >= 11 is 0. The zero-order chi connectivity index (χ0) is 23.2. The molecule has 4 amide bonds. The summed E-state index contributed by atoms with van der Waals surface area (Å²) in [6, 6.07) is 14.8. The van der Waals surface area contributed by atoms with Crippen molar-refractivity contribution < 1.29 is 14.4 Å². The molecule has 2 aromatic rings. The van der Waals surface area contributed by atoms with Gasteiger partial charge in [0.1, 0.15) is 12.1 Å². The van der Waals surface area contributed by atoms with Gasteiger partial charge in [0.15, 0.2) is 0 Å². The van der Waals surface area contributed by atoms with E-state index in [1.807, 2.05) is 55.5 Å². The summed E-state index contributed by atoms with van der Waals surface area (Å²) in [6.45, 7) is 2.21. The van der Waals surface area contributed by atoms with Crippen LogP contribution in [-0.4, -0.2) is 40.2 Å². The van der Waals surface area contributed by atoms with Crippen LogP contribution >= 0.6 is 0 Å². The molecular formula is C27H27N3O3. The van der Waals surface area contributed by atoms with Gasteiger partial charge in [-0.3, -0.25) is 14.5 Å². The number of terminal acetylenes is 1. The third-order valence-electron chi connectivity index (χ3n) is 7.31. The van der Waals surface area contributed by atoms with Gasteiger partial charge in [-0.05, 0) is 67.3 Å².